The van der Waals surface area contributed by atoms with Gasteiger partial charge in [-0.05, 0) is 92.7 Å². The summed E-state index contributed by atoms with van der Waals surface area (Å²) in [4.78, 5) is 0. The molecule has 2 aliphatic rings. The molecule has 0 aliphatic heterocycles. The van der Waals surface area contributed by atoms with E-state index in [-0.39, 0.29) is 0 Å². The highest BCUT2D eigenvalue weighted by Gasteiger charge is 2.31. The number of aryl methyl sites for hydroxylation is 1. The van der Waals surface area contributed by atoms with Crippen LogP contribution in [0, 0.1) is 23.7 Å². The number of alkyl halides is 3. The topological polar surface area (TPSA) is 9.23 Å². The van der Waals surface area contributed by atoms with Crippen molar-refractivity contribution in [3.63, 3.8) is 0 Å². The first-order valence-electron chi connectivity index (χ1n) is 11.3. The Morgan fingerprint density at radius 2 is 1.48 bits per heavy atom. The van der Waals surface area contributed by atoms with E-state index in [9.17, 15) is 13.2 Å². The Morgan fingerprint density at radius 3 is 2.03 bits per heavy atom. The fourth-order valence-electron chi connectivity index (χ4n) is 5.33. The molecule has 1 aromatic rings. The van der Waals surface area contributed by atoms with Crippen LogP contribution in [0.3, 0.4) is 0 Å². The Labute approximate surface area is 173 Å². The van der Waals surface area contributed by atoms with Crippen LogP contribution in [-0.4, -0.2) is 13.7 Å². The van der Waals surface area contributed by atoms with Crippen molar-refractivity contribution in [2.75, 3.05) is 13.7 Å². The molecule has 1 aromatic carbocycles. The number of halogens is 3. The lowest BCUT2D eigenvalue weighted by atomic mass is 9.68. The molecule has 3 rings (SSSR count). The van der Waals surface area contributed by atoms with Crippen molar-refractivity contribution in [3.05, 3.63) is 47.5 Å². The average Bonchev–Trinajstić information content (AvgIpc) is 2.73. The maximum atomic E-state index is 12.7. The van der Waals surface area contributed by atoms with E-state index in [0.717, 1.165) is 48.7 Å². The molecule has 2 fully saturated rings. The van der Waals surface area contributed by atoms with E-state index in [4.69, 9.17) is 4.74 Å². The van der Waals surface area contributed by atoms with Gasteiger partial charge in [-0.15, -0.1) is 0 Å². The highest BCUT2D eigenvalue weighted by Crippen LogP contribution is 2.42. The van der Waals surface area contributed by atoms with Crippen LogP contribution in [0.2, 0.25) is 0 Å². The zero-order valence-corrected chi connectivity index (χ0v) is 17.6. The van der Waals surface area contributed by atoms with E-state index in [2.05, 4.69) is 12.2 Å². The van der Waals surface area contributed by atoms with Crippen LogP contribution in [0.25, 0.3) is 0 Å². The lowest BCUT2D eigenvalue weighted by Gasteiger charge is -2.37. The molecule has 0 bridgehead atoms. The molecule has 29 heavy (non-hydrogen) atoms. The highest BCUT2D eigenvalue weighted by atomic mass is 19.4. The van der Waals surface area contributed by atoms with E-state index in [1.54, 1.807) is 19.2 Å². The van der Waals surface area contributed by atoms with Gasteiger partial charge in [0, 0.05) is 7.11 Å². The Bertz CT molecular complexity index is 618. The first-order chi connectivity index (χ1) is 14.0. The van der Waals surface area contributed by atoms with Gasteiger partial charge in [-0.3, -0.25) is 0 Å². The molecule has 162 valence electrons. The zero-order chi connectivity index (χ0) is 20.7. The van der Waals surface area contributed by atoms with Crippen molar-refractivity contribution < 1.29 is 17.9 Å². The molecule has 0 heterocycles. The van der Waals surface area contributed by atoms with E-state index in [0.29, 0.717) is 0 Å². The largest absolute Gasteiger partial charge is 0.416 e. The van der Waals surface area contributed by atoms with Crippen molar-refractivity contribution in [3.8, 4) is 0 Å². The maximum Gasteiger partial charge on any atom is 0.416 e. The summed E-state index contributed by atoms with van der Waals surface area (Å²) < 4.78 is 43.1. The van der Waals surface area contributed by atoms with Crippen LogP contribution >= 0.6 is 0 Å². The minimum Gasteiger partial charge on any atom is -0.381 e. The molecule has 0 amide bonds. The third-order valence-electron chi connectivity index (χ3n) is 7.17. The van der Waals surface area contributed by atoms with Gasteiger partial charge < -0.3 is 4.74 Å². The third kappa shape index (κ3) is 6.87. The Balaban J connectivity index is 1.36. The summed E-state index contributed by atoms with van der Waals surface area (Å²) in [5, 5.41) is 0. The Hall–Kier alpha value is -1.29. The van der Waals surface area contributed by atoms with Crippen LogP contribution in [0.15, 0.2) is 36.4 Å². The van der Waals surface area contributed by atoms with Crippen LogP contribution in [0.4, 0.5) is 13.2 Å². The van der Waals surface area contributed by atoms with Gasteiger partial charge in [-0.25, -0.2) is 0 Å². The SMILES string of the molecule is COC/C=C/[C@H]1CC[C@H](C2CCC(CCc3ccc(C(F)(F)F)cc3)CC2)CC1. The number of hydrogen-bond donors (Lipinski definition) is 0. The highest BCUT2D eigenvalue weighted by molar-refractivity contribution is 5.24. The quantitative estimate of drug-likeness (QED) is 0.426. The van der Waals surface area contributed by atoms with Crippen molar-refractivity contribution in [2.24, 2.45) is 23.7 Å². The fourth-order valence-corrected chi connectivity index (χ4v) is 5.33. The molecular formula is C25H35F3O. The van der Waals surface area contributed by atoms with Gasteiger partial charge in [-0.1, -0.05) is 37.1 Å². The average molecular weight is 409 g/mol. The first-order valence-corrected chi connectivity index (χ1v) is 11.3. The molecule has 0 saturated heterocycles. The van der Waals surface area contributed by atoms with Crippen LogP contribution in [0.5, 0.6) is 0 Å². The zero-order valence-electron chi connectivity index (χ0n) is 17.6. The number of allylic oxidation sites excluding steroid dienone is 1. The first kappa shape index (κ1) is 22.4. The van der Waals surface area contributed by atoms with Gasteiger partial charge >= 0.3 is 6.18 Å². The fraction of sp³-hybridized carbons (Fsp3) is 0.680. The number of ether oxygens (including phenoxy) is 1. The predicted molar refractivity (Wildman–Crippen MR) is 112 cm³/mol. The van der Waals surface area contributed by atoms with Crippen molar-refractivity contribution in [2.45, 2.75) is 70.4 Å². The lowest BCUT2D eigenvalue weighted by Crippen LogP contribution is -2.25. The molecule has 0 atom stereocenters. The molecule has 0 N–H and O–H groups in total. The third-order valence-corrected chi connectivity index (χ3v) is 7.17. The normalized spacial score (nSPS) is 28.7. The predicted octanol–water partition coefficient (Wildman–Crippen LogP) is 7.45. The minimum absolute atomic E-state index is 0.550. The molecule has 1 nitrogen and oxygen atoms in total. The molecule has 0 spiro atoms. The van der Waals surface area contributed by atoms with Gasteiger partial charge in [0.25, 0.3) is 0 Å². The Morgan fingerprint density at radius 1 is 0.897 bits per heavy atom. The van der Waals surface area contributed by atoms with Crippen molar-refractivity contribution >= 4 is 0 Å². The molecule has 0 radical (unpaired) electrons. The van der Waals surface area contributed by atoms with Crippen LogP contribution < -0.4 is 0 Å². The van der Waals surface area contributed by atoms with Crippen LogP contribution in [0.1, 0.15) is 68.9 Å². The van der Waals surface area contributed by atoms with Gasteiger partial charge in [0.1, 0.15) is 0 Å². The van der Waals surface area contributed by atoms with Crippen LogP contribution in [-0.2, 0) is 17.3 Å². The molecule has 2 aliphatic carbocycles. The summed E-state index contributed by atoms with van der Waals surface area (Å²) in [6.45, 7) is 0.719. The summed E-state index contributed by atoms with van der Waals surface area (Å²) in [5.41, 5.74) is 0.477. The molecule has 0 unspecified atom stereocenters. The second-order valence-corrected chi connectivity index (χ2v) is 9.07. The maximum absolute atomic E-state index is 12.7. The summed E-state index contributed by atoms with van der Waals surface area (Å²) in [6, 6.07) is 5.72. The standard InChI is InChI=1S/C25H35F3O/c1-29-18-2-3-19-6-12-22(13-7-19)23-14-8-20(9-15-23)4-5-21-10-16-24(17-11-21)25(26,27)28/h2-3,10-11,16-17,19-20,22-23H,4-9,12-15,18H2,1H3/b3-2+/t19-,20?,22-,23?. The van der Waals surface area contributed by atoms with E-state index >= 15 is 0 Å². The van der Waals surface area contributed by atoms with Gasteiger partial charge in [0.2, 0.25) is 0 Å². The smallest absolute Gasteiger partial charge is 0.381 e. The van der Waals surface area contributed by atoms with Crippen molar-refractivity contribution in [1.82, 2.24) is 0 Å². The minimum atomic E-state index is -4.24. The van der Waals surface area contributed by atoms with Crippen molar-refractivity contribution in [1.29, 1.82) is 0 Å². The molecular weight excluding hydrogens is 373 g/mol. The monoisotopic (exact) mass is 408 g/mol. The van der Waals surface area contributed by atoms with E-state index < -0.39 is 11.7 Å². The summed E-state index contributed by atoms with van der Waals surface area (Å²) in [7, 11) is 1.74. The molecule has 4 heteroatoms. The van der Waals surface area contributed by atoms with Gasteiger partial charge in [0.15, 0.2) is 0 Å². The van der Waals surface area contributed by atoms with E-state index in [1.165, 1.54) is 63.5 Å². The number of benzene rings is 1. The van der Waals surface area contributed by atoms with E-state index in [1.807, 2.05) is 0 Å². The second-order valence-electron chi connectivity index (χ2n) is 9.07. The van der Waals surface area contributed by atoms with Gasteiger partial charge in [0.05, 0.1) is 12.2 Å². The molecule has 0 aromatic heterocycles. The number of rotatable bonds is 7. The molecule has 2 saturated carbocycles. The Kier molecular flexibility index (Phi) is 8.23. The second kappa shape index (κ2) is 10.7. The summed E-state index contributed by atoms with van der Waals surface area (Å²) in [6.07, 6.45) is 12.9. The lowest BCUT2D eigenvalue weighted by molar-refractivity contribution is -0.137. The number of hydrogen-bond acceptors (Lipinski definition) is 1. The number of methoxy groups -OCH3 is 1. The van der Waals surface area contributed by atoms with Gasteiger partial charge in [-0.2, -0.15) is 13.2 Å². The summed E-state index contributed by atoms with van der Waals surface area (Å²) in [5.74, 6) is 3.27. The summed E-state index contributed by atoms with van der Waals surface area (Å²) >= 11 is 0.